The van der Waals surface area contributed by atoms with Crippen molar-refractivity contribution in [1.29, 1.82) is 0 Å². The highest BCUT2D eigenvalue weighted by atomic mass is 35.5. The first-order valence-electron chi connectivity index (χ1n) is 7.10. The minimum atomic E-state index is -0.240. The number of hydrogen-bond acceptors (Lipinski definition) is 2. The maximum Gasteiger partial charge on any atom is 0.224 e. The van der Waals surface area contributed by atoms with Crippen molar-refractivity contribution >= 4 is 18.3 Å². The number of carbonyl (C=O) groups excluding carboxylic acids is 1. The number of nitrogens with one attached hydrogen (secondary N) is 1. The SMILES string of the molecule is CC(C(=O)NCC1(C)CCC1)C(N)c1ccccc1.Cl. The van der Waals surface area contributed by atoms with Gasteiger partial charge in [-0.1, -0.05) is 50.6 Å². The van der Waals surface area contributed by atoms with Crippen molar-refractivity contribution in [1.82, 2.24) is 5.32 Å². The predicted octanol–water partition coefficient (Wildman–Crippen LogP) is 3.05. The van der Waals surface area contributed by atoms with Crippen LogP contribution in [-0.4, -0.2) is 12.5 Å². The first kappa shape index (κ1) is 17.0. The molecule has 2 unspecified atom stereocenters. The molecule has 1 aromatic rings. The third-order valence-corrected chi connectivity index (χ3v) is 4.39. The second-order valence-electron chi connectivity index (χ2n) is 6.11. The van der Waals surface area contributed by atoms with Crippen molar-refractivity contribution in [3.05, 3.63) is 35.9 Å². The predicted molar refractivity (Wildman–Crippen MR) is 84.8 cm³/mol. The molecule has 4 heteroatoms. The summed E-state index contributed by atoms with van der Waals surface area (Å²) in [6, 6.07) is 9.57. The van der Waals surface area contributed by atoms with E-state index in [0.717, 1.165) is 12.1 Å². The number of amides is 1. The van der Waals surface area contributed by atoms with Gasteiger partial charge in [-0.15, -0.1) is 12.4 Å². The van der Waals surface area contributed by atoms with Gasteiger partial charge in [0.2, 0.25) is 5.91 Å². The molecule has 0 spiro atoms. The van der Waals surface area contributed by atoms with E-state index < -0.39 is 0 Å². The molecule has 0 bridgehead atoms. The topological polar surface area (TPSA) is 55.1 Å². The van der Waals surface area contributed by atoms with Gasteiger partial charge in [-0.2, -0.15) is 0 Å². The normalized spacial score (nSPS) is 19.1. The quantitative estimate of drug-likeness (QED) is 0.877. The number of rotatable bonds is 5. The highest BCUT2D eigenvalue weighted by molar-refractivity contribution is 5.85. The molecule has 2 atom stereocenters. The van der Waals surface area contributed by atoms with Crippen molar-refractivity contribution in [3.8, 4) is 0 Å². The number of carbonyl (C=O) groups is 1. The lowest BCUT2D eigenvalue weighted by Gasteiger charge is -2.38. The van der Waals surface area contributed by atoms with Gasteiger partial charge >= 0.3 is 0 Å². The number of nitrogens with two attached hydrogens (primary N) is 1. The summed E-state index contributed by atoms with van der Waals surface area (Å²) in [6.07, 6.45) is 3.71. The average molecular weight is 297 g/mol. The molecule has 1 amide bonds. The molecule has 0 radical (unpaired) electrons. The van der Waals surface area contributed by atoms with E-state index in [9.17, 15) is 4.79 Å². The molecule has 0 heterocycles. The third kappa shape index (κ3) is 3.97. The Kier molecular flexibility index (Phi) is 6.03. The summed E-state index contributed by atoms with van der Waals surface area (Å²) in [7, 11) is 0. The van der Waals surface area contributed by atoms with Crippen molar-refractivity contribution in [3.63, 3.8) is 0 Å². The Bertz CT molecular complexity index is 431. The first-order valence-corrected chi connectivity index (χ1v) is 7.10. The molecule has 20 heavy (non-hydrogen) atoms. The maximum atomic E-state index is 12.2. The summed E-state index contributed by atoms with van der Waals surface area (Å²) in [5.74, 6) is -0.143. The Morgan fingerprint density at radius 2 is 1.95 bits per heavy atom. The Morgan fingerprint density at radius 3 is 2.45 bits per heavy atom. The van der Waals surface area contributed by atoms with E-state index in [2.05, 4.69) is 12.2 Å². The Morgan fingerprint density at radius 1 is 1.35 bits per heavy atom. The van der Waals surface area contributed by atoms with Gasteiger partial charge in [0.05, 0.1) is 5.92 Å². The van der Waals surface area contributed by atoms with Gasteiger partial charge in [-0.05, 0) is 23.8 Å². The highest BCUT2D eigenvalue weighted by Gasteiger charge is 2.32. The van der Waals surface area contributed by atoms with Gasteiger partial charge in [-0.25, -0.2) is 0 Å². The van der Waals surface area contributed by atoms with Gasteiger partial charge in [0.15, 0.2) is 0 Å². The zero-order valence-electron chi connectivity index (χ0n) is 12.3. The summed E-state index contributed by atoms with van der Waals surface area (Å²) in [4.78, 5) is 12.2. The minimum absolute atomic E-state index is 0. The van der Waals surface area contributed by atoms with Crippen molar-refractivity contribution in [2.75, 3.05) is 6.54 Å². The second-order valence-corrected chi connectivity index (χ2v) is 6.11. The van der Waals surface area contributed by atoms with Gasteiger partial charge in [0, 0.05) is 12.6 Å². The smallest absolute Gasteiger partial charge is 0.224 e. The fraction of sp³-hybridized carbons (Fsp3) is 0.562. The second kappa shape index (κ2) is 7.09. The van der Waals surface area contributed by atoms with Crippen LogP contribution >= 0.6 is 12.4 Å². The summed E-state index contributed by atoms with van der Waals surface area (Å²) < 4.78 is 0. The molecule has 1 aliphatic carbocycles. The van der Waals surface area contributed by atoms with Crippen LogP contribution in [-0.2, 0) is 4.79 Å². The molecule has 3 N–H and O–H groups in total. The Hall–Kier alpha value is -1.06. The molecule has 0 aliphatic heterocycles. The summed E-state index contributed by atoms with van der Waals surface area (Å²) in [5, 5.41) is 3.06. The summed E-state index contributed by atoms with van der Waals surface area (Å²) in [5.41, 5.74) is 7.49. The monoisotopic (exact) mass is 296 g/mol. The zero-order valence-corrected chi connectivity index (χ0v) is 13.1. The van der Waals surface area contributed by atoms with E-state index in [-0.39, 0.29) is 30.3 Å². The number of benzene rings is 1. The van der Waals surface area contributed by atoms with Gasteiger partial charge < -0.3 is 11.1 Å². The lowest BCUT2D eigenvalue weighted by Crippen LogP contribution is -2.43. The van der Waals surface area contributed by atoms with Crippen molar-refractivity contribution in [2.45, 2.75) is 39.2 Å². The molecule has 1 saturated carbocycles. The van der Waals surface area contributed by atoms with E-state index in [1.807, 2.05) is 37.3 Å². The van der Waals surface area contributed by atoms with Crippen LogP contribution in [0.2, 0.25) is 0 Å². The van der Waals surface area contributed by atoms with E-state index >= 15 is 0 Å². The maximum absolute atomic E-state index is 12.2. The molecular formula is C16H25ClN2O. The zero-order chi connectivity index (χ0) is 13.9. The van der Waals surface area contributed by atoms with Crippen LogP contribution in [0.15, 0.2) is 30.3 Å². The molecule has 1 fully saturated rings. The molecule has 0 aromatic heterocycles. The van der Waals surface area contributed by atoms with Gasteiger partial charge in [0.1, 0.15) is 0 Å². The van der Waals surface area contributed by atoms with E-state index in [1.54, 1.807) is 0 Å². The molecular weight excluding hydrogens is 272 g/mol. The molecule has 112 valence electrons. The fourth-order valence-corrected chi connectivity index (χ4v) is 2.55. The fourth-order valence-electron chi connectivity index (χ4n) is 2.55. The van der Waals surface area contributed by atoms with Crippen LogP contribution < -0.4 is 11.1 Å². The molecule has 3 nitrogen and oxygen atoms in total. The third-order valence-electron chi connectivity index (χ3n) is 4.39. The number of halogens is 1. The van der Waals surface area contributed by atoms with Crippen LogP contribution in [0, 0.1) is 11.3 Å². The van der Waals surface area contributed by atoms with Gasteiger partial charge in [0.25, 0.3) is 0 Å². The van der Waals surface area contributed by atoms with Crippen LogP contribution in [0.1, 0.15) is 44.7 Å². The minimum Gasteiger partial charge on any atom is -0.355 e. The van der Waals surface area contributed by atoms with E-state index in [1.165, 1.54) is 19.3 Å². The summed E-state index contributed by atoms with van der Waals surface area (Å²) >= 11 is 0. The number of hydrogen-bond donors (Lipinski definition) is 2. The lowest BCUT2D eigenvalue weighted by molar-refractivity contribution is -0.125. The molecule has 1 aliphatic rings. The molecule has 1 aromatic carbocycles. The average Bonchev–Trinajstić information content (AvgIpc) is 2.42. The molecule has 2 rings (SSSR count). The first-order chi connectivity index (χ1) is 9.02. The molecule has 0 saturated heterocycles. The van der Waals surface area contributed by atoms with Crippen LogP contribution in [0.3, 0.4) is 0 Å². The van der Waals surface area contributed by atoms with E-state index in [0.29, 0.717) is 5.41 Å². The van der Waals surface area contributed by atoms with Crippen LogP contribution in [0.4, 0.5) is 0 Å². The Balaban J connectivity index is 0.00000200. The highest BCUT2D eigenvalue weighted by Crippen LogP contribution is 2.39. The van der Waals surface area contributed by atoms with Crippen molar-refractivity contribution in [2.24, 2.45) is 17.1 Å². The Labute approximate surface area is 127 Å². The van der Waals surface area contributed by atoms with Crippen LogP contribution in [0.5, 0.6) is 0 Å². The van der Waals surface area contributed by atoms with Crippen molar-refractivity contribution < 1.29 is 4.79 Å². The van der Waals surface area contributed by atoms with Crippen LogP contribution in [0.25, 0.3) is 0 Å². The standard InChI is InChI=1S/C16H24N2O.ClH/c1-12(14(17)13-7-4-3-5-8-13)15(19)18-11-16(2)9-6-10-16;/h3-5,7-8,12,14H,6,9-11,17H2,1-2H3,(H,18,19);1H. The summed E-state index contributed by atoms with van der Waals surface area (Å²) in [6.45, 7) is 4.91. The van der Waals surface area contributed by atoms with Gasteiger partial charge in [-0.3, -0.25) is 4.79 Å². The van der Waals surface area contributed by atoms with E-state index in [4.69, 9.17) is 5.73 Å². The lowest BCUT2D eigenvalue weighted by atomic mass is 9.70. The largest absolute Gasteiger partial charge is 0.355 e.